The van der Waals surface area contributed by atoms with Crippen molar-refractivity contribution in [3.63, 3.8) is 0 Å². The minimum absolute atomic E-state index is 0. The van der Waals surface area contributed by atoms with Crippen molar-refractivity contribution in [1.29, 1.82) is 0 Å². The molecule has 2 heterocycles. The third-order valence-corrected chi connectivity index (χ3v) is 10.9. The van der Waals surface area contributed by atoms with Gasteiger partial charge in [-0.1, -0.05) is 85.0 Å². The average Bonchev–Trinajstić information content (AvgIpc) is 4.17. The molecule has 0 saturated heterocycles. The number of aromatic nitrogens is 2. The zero-order valence-corrected chi connectivity index (χ0v) is 36.7. The summed E-state index contributed by atoms with van der Waals surface area (Å²) in [5.74, 6) is -2.72. The summed E-state index contributed by atoms with van der Waals surface area (Å²) in [6.07, 6.45) is 5.02. The molecule has 2 aliphatic carbocycles. The Labute approximate surface area is 393 Å². The van der Waals surface area contributed by atoms with Gasteiger partial charge in [0.25, 0.3) is 0 Å². The maximum atomic E-state index is 13.6. The molecule has 2 aliphatic rings. The second-order valence-corrected chi connectivity index (χ2v) is 16.0. The van der Waals surface area contributed by atoms with Gasteiger partial charge >= 0.3 is 37.7 Å². The molecular formula is C50H46CaF2N2O8. The summed E-state index contributed by atoms with van der Waals surface area (Å²) in [6, 6.07) is 28.1. The molecule has 2 aromatic heterocycles. The topological polar surface area (TPSA) is 187 Å². The Morgan fingerprint density at radius 2 is 0.937 bits per heavy atom. The van der Waals surface area contributed by atoms with Gasteiger partial charge in [-0.25, -0.2) is 8.78 Å². The first-order valence-electron chi connectivity index (χ1n) is 20.7. The Balaban J connectivity index is 0.000000206. The maximum absolute atomic E-state index is 13.6. The van der Waals surface area contributed by atoms with E-state index in [4.69, 9.17) is 9.97 Å². The fourth-order valence-electron chi connectivity index (χ4n) is 7.70. The number of fused-ring (bicyclic) bond motifs is 2. The second kappa shape index (κ2) is 21.6. The molecule has 10 nitrogen and oxygen atoms in total. The quantitative estimate of drug-likeness (QED) is 0.0843. The van der Waals surface area contributed by atoms with Crippen LogP contribution in [0.15, 0.2) is 109 Å². The summed E-state index contributed by atoms with van der Waals surface area (Å²) in [5, 5.41) is 63.3. The molecule has 2 fully saturated rings. The third-order valence-electron chi connectivity index (χ3n) is 10.9. The van der Waals surface area contributed by atoms with Crippen LogP contribution in [0.1, 0.15) is 85.7 Å². The number of para-hydroxylation sites is 2. The number of hydrogen-bond donors (Lipinski definition) is 4. The molecule has 13 heteroatoms. The van der Waals surface area contributed by atoms with E-state index >= 15 is 0 Å². The first kappa shape index (κ1) is 47.6. The van der Waals surface area contributed by atoms with Crippen LogP contribution in [0, 0.1) is 11.6 Å². The molecule has 4 atom stereocenters. The van der Waals surface area contributed by atoms with Gasteiger partial charge in [0.15, 0.2) is 0 Å². The van der Waals surface area contributed by atoms with Crippen LogP contribution >= 0.6 is 0 Å². The number of aliphatic hydroxyl groups excluding tert-OH is 4. The van der Waals surface area contributed by atoms with Gasteiger partial charge in [0.05, 0.1) is 46.8 Å². The summed E-state index contributed by atoms with van der Waals surface area (Å²) in [6.45, 7) is 0. The van der Waals surface area contributed by atoms with Crippen LogP contribution < -0.4 is 10.2 Å². The summed E-state index contributed by atoms with van der Waals surface area (Å²) >= 11 is 0. The number of rotatable bonds is 16. The van der Waals surface area contributed by atoms with Crippen LogP contribution in [0.3, 0.4) is 0 Å². The van der Waals surface area contributed by atoms with Gasteiger partial charge in [0.1, 0.15) is 11.6 Å². The van der Waals surface area contributed by atoms with Gasteiger partial charge in [0, 0.05) is 82.5 Å². The number of halogens is 2. The van der Waals surface area contributed by atoms with E-state index in [2.05, 4.69) is 0 Å². The van der Waals surface area contributed by atoms with E-state index in [0.29, 0.717) is 11.8 Å². The number of nitrogens with zero attached hydrogens (tertiary/aromatic N) is 2. The van der Waals surface area contributed by atoms with E-state index in [1.807, 2.05) is 48.5 Å². The molecule has 0 aliphatic heterocycles. The zero-order chi connectivity index (χ0) is 43.9. The van der Waals surface area contributed by atoms with Gasteiger partial charge in [-0.15, -0.1) is 0 Å². The number of carboxylic acids is 2. The van der Waals surface area contributed by atoms with E-state index in [1.54, 1.807) is 48.6 Å². The van der Waals surface area contributed by atoms with Crippen LogP contribution in [0.4, 0.5) is 8.78 Å². The monoisotopic (exact) mass is 880 g/mol. The number of carboxylic acid groups (broad SMARTS) is 2. The molecule has 4 aromatic carbocycles. The first-order chi connectivity index (χ1) is 29.8. The molecule has 0 radical (unpaired) electrons. The van der Waals surface area contributed by atoms with Gasteiger partial charge in [-0.05, 0) is 73.2 Å². The third kappa shape index (κ3) is 12.6. The van der Waals surface area contributed by atoms with Crippen LogP contribution in [0.2, 0.25) is 0 Å². The number of carbonyl (C=O) groups excluding carboxylic acids is 2. The van der Waals surface area contributed by atoms with Crippen molar-refractivity contribution in [1.82, 2.24) is 9.97 Å². The Kier molecular flexibility index (Phi) is 16.3. The minimum Gasteiger partial charge on any atom is -0.550 e. The Morgan fingerprint density at radius 3 is 1.27 bits per heavy atom. The van der Waals surface area contributed by atoms with Gasteiger partial charge in [-0.2, -0.15) is 0 Å². The van der Waals surface area contributed by atoms with Crippen LogP contribution in [-0.2, 0) is 9.59 Å². The number of hydrogen-bond acceptors (Lipinski definition) is 10. The molecule has 2 saturated carbocycles. The van der Waals surface area contributed by atoms with Crippen molar-refractivity contribution in [3.05, 3.63) is 143 Å². The van der Waals surface area contributed by atoms with E-state index in [-0.39, 0.29) is 62.2 Å². The number of carbonyl (C=O) groups is 2. The van der Waals surface area contributed by atoms with Gasteiger partial charge in [0.2, 0.25) is 0 Å². The van der Waals surface area contributed by atoms with Crippen molar-refractivity contribution < 1.29 is 49.0 Å². The fourth-order valence-corrected chi connectivity index (χ4v) is 7.70. The molecule has 6 aromatic rings. The van der Waals surface area contributed by atoms with Gasteiger partial charge < -0.3 is 40.2 Å². The van der Waals surface area contributed by atoms with Crippen LogP contribution in [-0.4, -0.2) is 104 Å². The molecule has 4 N–H and O–H groups in total. The zero-order valence-electron chi connectivity index (χ0n) is 34.4. The normalized spacial score (nSPS) is 15.7. The van der Waals surface area contributed by atoms with Crippen molar-refractivity contribution in [2.75, 3.05) is 0 Å². The predicted molar refractivity (Wildman–Crippen MR) is 235 cm³/mol. The molecule has 320 valence electrons. The Hall–Kier alpha value is -4.92. The fraction of sp³-hybridized carbons (Fsp3) is 0.280. The van der Waals surface area contributed by atoms with Crippen LogP contribution in [0.25, 0.3) is 56.2 Å². The molecule has 0 unspecified atom stereocenters. The molecule has 0 spiro atoms. The van der Waals surface area contributed by atoms with Crippen molar-refractivity contribution in [2.45, 2.75) is 87.6 Å². The SMILES string of the molecule is O=C([O-])C[C@@H](O)C[C@H](O)/C=C/c1c(C2CC2)nc2ccccc2c1-c1ccc(F)cc1.O=C([O-])C[C@@H](O)C[C@H](O)/C=C\c1c(C2CC2)nc2ccccc2c1-c1ccc(F)cc1.[Ca+2]. The molecule has 0 bridgehead atoms. The largest absolute Gasteiger partial charge is 2.00 e. The van der Waals surface area contributed by atoms with Crippen molar-refractivity contribution in [3.8, 4) is 22.3 Å². The summed E-state index contributed by atoms with van der Waals surface area (Å²) < 4.78 is 27.1. The van der Waals surface area contributed by atoms with E-state index in [1.165, 1.54) is 24.3 Å². The standard InChI is InChI=1S/2C25H24FNO4.Ca/c2*26-17-9-7-15(8-10-17)24-20-3-1-2-4-22(20)27-25(16-5-6-16)21(24)12-11-18(28)13-19(29)14-23(30)31;/h2*1-4,7-12,16,18-19,28-29H,5-6,13-14H2,(H,30,31);/q;;+2/p-2/b12-11+;12-11-;/t2*18-,19+;/m11./s1. The average molecular weight is 881 g/mol. The number of aliphatic carboxylic acids is 2. The van der Waals surface area contributed by atoms with Gasteiger partial charge in [-0.3, -0.25) is 9.97 Å². The second-order valence-electron chi connectivity index (χ2n) is 16.0. The van der Waals surface area contributed by atoms with E-state index < -0.39 is 49.2 Å². The van der Waals surface area contributed by atoms with E-state index in [0.717, 1.165) is 92.3 Å². The molecule has 8 rings (SSSR count). The predicted octanol–water partition coefficient (Wildman–Crippen LogP) is 5.99. The Morgan fingerprint density at radius 1 is 0.587 bits per heavy atom. The molecule has 0 amide bonds. The summed E-state index contributed by atoms with van der Waals surface area (Å²) in [5.41, 5.74) is 8.76. The van der Waals surface area contributed by atoms with Crippen molar-refractivity contribution in [2.24, 2.45) is 0 Å². The van der Waals surface area contributed by atoms with E-state index in [9.17, 15) is 49.0 Å². The number of benzene rings is 4. The maximum Gasteiger partial charge on any atom is 2.00 e. The summed E-state index contributed by atoms with van der Waals surface area (Å²) in [4.78, 5) is 31.0. The molecular weight excluding hydrogens is 835 g/mol. The smallest absolute Gasteiger partial charge is 0.550 e. The minimum atomic E-state index is -1.36. The Bertz CT molecular complexity index is 2430. The first-order valence-corrected chi connectivity index (χ1v) is 20.7. The molecule has 63 heavy (non-hydrogen) atoms. The van der Waals surface area contributed by atoms with Crippen LogP contribution in [0.5, 0.6) is 0 Å². The number of pyridine rings is 2. The summed E-state index contributed by atoms with van der Waals surface area (Å²) in [7, 11) is 0. The number of aliphatic hydroxyl groups is 4. The van der Waals surface area contributed by atoms with Crippen molar-refractivity contribution >= 4 is 83.6 Å².